The van der Waals surface area contributed by atoms with Crippen molar-refractivity contribution < 1.29 is 9.53 Å². The lowest BCUT2D eigenvalue weighted by Crippen LogP contribution is -2.30. The van der Waals surface area contributed by atoms with Gasteiger partial charge in [-0.05, 0) is 42.8 Å². The summed E-state index contributed by atoms with van der Waals surface area (Å²) in [6.07, 6.45) is 1.68. The van der Waals surface area contributed by atoms with Crippen LogP contribution in [0.4, 0.5) is 0 Å². The predicted octanol–water partition coefficient (Wildman–Crippen LogP) is 3.05. The summed E-state index contributed by atoms with van der Waals surface area (Å²) in [7, 11) is 0. The summed E-state index contributed by atoms with van der Waals surface area (Å²) in [5, 5.41) is 3.32. The number of rotatable bonds is 7. The van der Waals surface area contributed by atoms with Gasteiger partial charge in [0.1, 0.15) is 12.4 Å². The largest absolute Gasteiger partial charge is 0.492 e. The SMILES string of the molecule is Cc1cccc(OCCNC(=O)CCn2cnc3ccc(Br)cc3c2=O)c1. The molecule has 0 spiro atoms. The maximum atomic E-state index is 12.5. The van der Waals surface area contributed by atoms with E-state index in [0.29, 0.717) is 24.1 Å². The van der Waals surface area contributed by atoms with Gasteiger partial charge < -0.3 is 10.1 Å². The van der Waals surface area contributed by atoms with Gasteiger partial charge in [0.25, 0.3) is 5.56 Å². The van der Waals surface area contributed by atoms with Crippen molar-refractivity contribution in [2.75, 3.05) is 13.2 Å². The molecule has 1 amide bonds. The fourth-order valence-electron chi connectivity index (χ4n) is 2.67. The molecule has 0 atom stereocenters. The van der Waals surface area contributed by atoms with Gasteiger partial charge in [-0.25, -0.2) is 4.98 Å². The molecule has 6 nitrogen and oxygen atoms in total. The Bertz CT molecular complexity index is 1020. The van der Waals surface area contributed by atoms with Gasteiger partial charge in [0.2, 0.25) is 5.91 Å². The number of hydrogen-bond donors (Lipinski definition) is 1. The van der Waals surface area contributed by atoms with E-state index in [1.165, 1.54) is 10.9 Å². The van der Waals surface area contributed by atoms with Crippen molar-refractivity contribution in [3.63, 3.8) is 0 Å². The minimum absolute atomic E-state index is 0.135. The van der Waals surface area contributed by atoms with E-state index in [2.05, 4.69) is 26.2 Å². The van der Waals surface area contributed by atoms with Crippen LogP contribution in [0.3, 0.4) is 0 Å². The third-order valence-electron chi connectivity index (χ3n) is 4.05. The number of nitrogens with one attached hydrogen (secondary N) is 1. The molecule has 0 saturated heterocycles. The number of benzene rings is 2. The number of carbonyl (C=O) groups excluding carboxylic acids is 1. The molecule has 0 aliphatic heterocycles. The maximum absolute atomic E-state index is 12.5. The molecule has 0 radical (unpaired) electrons. The van der Waals surface area contributed by atoms with Crippen LogP contribution in [0.1, 0.15) is 12.0 Å². The first kappa shape index (κ1) is 19.1. The summed E-state index contributed by atoms with van der Waals surface area (Å²) in [6.45, 7) is 3.07. The van der Waals surface area contributed by atoms with Crippen molar-refractivity contribution in [2.45, 2.75) is 19.9 Å². The van der Waals surface area contributed by atoms with E-state index in [4.69, 9.17) is 4.74 Å². The van der Waals surface area contributed by atoms with E-state index < -0.39 is 0 Å². The molecule has 3 aromatic rings. The smallest absolute Gasteiger partial charge is 0.261 e. The standard InChI is InChI=1S/C20H20BrN3O3/c1-14-3-2-4-16(11-14)27-10-8-22-19(25)7-9-24-13-23-18-6-5-15(21)12-17(18)20(24)26/h2-6,11-13H,7-10H2,1H3,(H,22,25). The van der Waals surface area contributed by atoms with Gasteiger partial charge in [-0.3, -0.25) is 14.2 Å². The molecule has 0 aliphatic rings. The minimum atomic E-state index is -0.156. The van der Waals surface area contributed by atoms with E-state index >= 15 is 0 Å². The Morgan fingerprint density at radius 3 is 2.93 bits per heavy atom. The van der Waals surface area contributed by atoms with E-state index in [0.717, 1.165) is 15.8 Å². The zero-order chi connectivity index (χ0) is 19.2. The first-order chi connectivity index (χ1) is 13.0. The fourth-order valence-corrected chi connectivity index (χ4v) is 3.03. The Labute approximate surface area is 165 Å². The highest BCUT2D eigenvalue weighted by atomic mass is 79.9. The predicted molar refractivity (Wildman–Crippen MR) is 108 cm³/mol. The molecular weight excluding hydrogens is 410 g/mol. The van der Waals surface area contributed by atoms with E-state index in [1.807, 2.05) is 37.3 Å². The minimum Gasteiger partial charge on any atom is -0.492 e. The van der Waals surface area contributed by atoms with Crippen LogP contribution in [-0.2, 0) is 11.3 Å². The molecule has 140 valence electrons. The van der Waals surface area contributed by atoms with Crippen molar-refractivity contribution in [1.82, 2.24) is 14.9 Å². The summed E-state index contributed by atoms with van der Waals surface area (Å²) in [6, 6.07) is 13.1. The number of aryl methyl sites for hydroxylation is 2. The van der Waals surface area contributed by atoms with Crippen LogP contribution in [0.2, 0.25) is 0 Å². The van der Waals surface area contributed by atoms with Gasteiger partial charge in [0, 0.05) is 17.4 Å². The Hall–Kier alpha value is -2.67. The number of amides is 1. The van der Waals surface area contributed by atoms with Gasteiger partial charge in [0.05, 0.1) is 23.8 Å². The first-order valence-electron chi connectivity index (χ1n) is 8.64. The monoisotopic (exact) mass is 429 g/mol. The zero-order valence-corrected chi connectivity index (χ0v) is 16.5. The summed E-state index contributed by atoms with van der Waals surface area (Å²) in [4.78, 5) is 28.8. The van der Waals surface area contributed by atoms with Gasteiger partial charge >= 0.3 is 0 Å². The number of fused-ring (bicyclic) bond motifs is 1. The van der Waals surface area contributed by atoms with Crippen molar-refractivity contribution >= 4 is 32.7 Å². The van der Waals surface area contributed by atoms with Crippen molar-refractivity contribution in [3.8, 4) is 5.75 Å². The molecule has 2 aromatic carbocycles. The van der Waals surface area contributed by atoms with Crippen LogP contribution in [0.25, 0.3) is 10.9 Å². The van der Waals surface area contributed by atoms with Crippen LogP contribution >= 0.6 is 15.9 Å². The molecule has 0 unspecified atom stereocenters. The van der Waals surface area contributed by atoms with Crippen molar-refractivity contribution in [3.05, 3.63) is 69.2 Å². The number of aromatic nitrogens is 2. The number of nitrogens with zero attached hydrogens (tertiary/aromatic N) is 2. The second-order valence-electron chi connectivity index (χ2n) is 6.17. The van der Waals surface area contributed by atoms with E-state index in [1.54, 1.807) is 12.1 Å². The third kappa shape index (κ3) is 5.17. The summed E-state index contributed by atoms with van der Waals surface area (Å²) in [5.74, 6) is 0.647. The van der Waals surface area contributed by atoms with Gasteiger partial charge in [-0.1, -0.05) is 28.1 Å². The number of halogens is 1. The van der Waals surface area contributed by atoms with E-state index in [9.17, 15) is 9.59 Å². The second kappa shape index (κ2) is 8.81. The fraction of sp³-hybridized carbons (Fsp3) is 0.250. The van der Waals surface area contributed by atoms with Crippen LogP contribution < -0.4 is 15.6 Å². The first-order valence-corrected chi connectivity index (χ1v) is 9.43. The Kier molecular flexibility index (Phi) is 6.24. The lowest BCUT2D eigenvalue weighted by molar-refractivity contribution is -0.121. The molecular formula is C20H20BrN3O3. The van der Waals surface area contributed by atoms with Crippen molar-refractivity contribution in [2.24, 2.45) is 0 Å². The molecule has 0 fully saturated rings. The lowest BCUT2D eigenvalue weighted by atomic mass is 10.2. The molecule has 3 rings (SSSR count). The molecule has 1 N–H and O–H groups in total. The lowest BCUT2D eigenvalue weighted by Gasteiger charge is -2.09. The van der Waals surface area contributed by atoms with Crippen molar-refractivity contribution in [1.29, 1.82) is 0 Å². The molecule has 7 heteroatoms. The summed E-state index contributed by atoms with van der Waals surface area (Å²) in [5.41, 5.74) is 1.60. The van der Waals surface area contributed by atoms with Gasteiger partial charge in [-0.2, -0.15) is 0 Å². The van der Waals surface area contributed by atoms with Crippen LogP contribution in [0.5, 0.6) is 5.75 Å². The molecule has 27 heavy (non-hydrogen) atoms. The van der Waals surface area contributed by atoms with Crippen LogP contribution in [0.15, 0.2) is 58.1 Å². The quantitative estimate of drug-likeness (QED) is 0.585. The average molecular weight is 430 g/mol. The number of ether oxygens (including phenoxy) is 1. The van der Waals surface area contributed by atoms with E-state index in [-0.39, 0.29) is 24.4 Å². The molecule has 0 bridgehead atoms. The molecule has 0 saturated carbocycles. The molecule has 0 aliphatic carbocycles. The Balaban J connectivity index is 1.48. The Morgan fingerprint density at radius 2 is 2.11 bits per heavy atom. The normalized spacial score (nSPS) is 10.7. The van der Waals surface area contributed by atoms with Gasteiger partial charge in [0.15, 0.2) is 0 Å². The average Bonchev–Trinajstić information content (AvgIpc) is 2.65. The van der Waals surface area contributed by atoms with Gasteiger partial charge in [-0.15, -0.1) is 0 Å². The summed E-state index contributed by atoms with van der Waals surface area (Å²) < 4.78 is 7.87. The summed E-state index contributed by atoms with van der Waals surface area (Å²) >= 11 is 3.36. The highest BCUT2D eigenvalue weighted by molar-refractivity contribution is 9.10. The number of carbonyl (C=O) groups is 1. The second-order valence-corrected chi connectivity index (χ2v) is 7.09. The topological polar surface area (TPSA) is 73.2 Å². The third-order valence-corrected chi connectivity index (χ3v) is 4.54. The highest BCUT2D eigenvalue weighted by Gasteiger charge is 2.07. The molecule has 1 aromatic heterocycles. The molecule has 1 heterocycles. The van der Waals surface area contributed by atoms with Crippen LogP contribution in [-0.4, -0.2) is 28.6 Å². The zero-order valence-electron chi connectivity index (χ0n) is 14.9. The number of hydrogen-bond acceptors (Lipinski definition) is 4. The Morgan fingerprint density at radius 1 is 1.26 bits per heavy atom. The maximum Gasteiger partial charge on any atom is 0.261 e. The highest BCUT2D eigenvalue weighted by Crippen LogP contribution is 2.15. The van der Waals surface area contributed by atoms with Crippen LogP contribution in [0, 0.1) is 6.92 Å².